The fourth-order valence-corrected chi connectivity index (χ4v) is 5.60. The van der Waals surface area contributed by atoms with E-state index in [0.717, 1.165) is 50.0 Å². The monoisotopic (exact) mass is 341 g/mol. The summed E-state index contributed by atoms with van der Waals surface area (Å²) in [5, 5.41) is 18.3. The van der Waals surface area contributed by atoms with Crippen molar-refractivity contribution < 1.29 is 5.11 Å². The summed E-state index contributed by atoms with van der Waals surface area (Å²) in [5.74, 6) is 1.38. The van der Waals surface area contributed by atoms with Crippen molar-refractivity contribution in [2.24, 2.45) is 11.7 Å². The summed E-state index contributed by atoms with van der Waals surface area (Å²) in [5.41, 5.74) is 9.59. The van der Waals surface area contributed by atoms with Gasteiger partial charge in [0, 0.05) is 35.7 Å². The van der Waals surface area contributed by atoms with Crippen molar-refractivity contribution in [1.29, 1.82) is 0 Å². The molecule has 0 bridgehead atoms. The van der Waals surface area contributed by atoms with E-state index in [1.54, 1.807) is 0 Å². The van der Waals surface area contributed by atoms with Gasteiger partial charge in [-0.2, -0.15) is 9.61 Å². The number of aliphatic hydroxyl groups excluding tert-OH is 1. The van der Waals surface area contributed by atoms with Gasteiger partial charge in [0.15, 0.2) is 5.65 Å². The van der Waals surface area contributed by atoms with Crippen LogP contribution in [0.1, 0.15) is 56.2 Å². The van der Waals surface area contributed by atoms with Gasteiger partial charge in [-0.15, -0.1) is 0 Å². The predicted octanol–water partition coefficient (Wildman–Crippen LogP) is 2.00. The Morgan fingerprint density at radius 2 is 2.16 bits per heavy atom. The summed E-state index contributed by atoms with van der Waals surface area (Å²) in [6.45, 7) is 0.242. The molecule has 0 aliphatic heterocycles. The van der Waals surface area contributed by atoms with Gasteiger partial charge in [0.1, 0.15) is 5.82 Å². The van der Waals surface area contributed by atoms with Crippen LogP contribution < -0.4 is 11.1 Å². The van der Waals surface area contributed by atoms with Crippen molar-refractivity contribution >= 4 is 11.5 Å². The van der Waals surface area contributed by atoms with Crippen LogP contribution >= 0.6 is 0 Å². The first-order chi connectivity index (χ1) is 12.2. The Bertz CT molecular complexity index is 794. The van der Waals surface area contributed by atoms with Gasteiger partial charge in [0.05, 0.1) is 11.9 Å². The summed E-state index contributed by atoms with van der Waals surface area (Å²) >= 11 is 0. The number of nitrogens with two attached hydrogens (primary N) is 1. The Labute approximate surface area is 147 Å². The van der Waals surface area contributed by atoms with Crippen molar-refractivity contribution in [3.05, 3.63) is 23.5 Å². The maximum absolute atomic E-state index is 10.1. The van der Waals surface area contributed by atoms with Crippen LogP contribution in [0.4, 0.5) is 5.82 Å². The van der Waals surface area contributed by atoms with Crippen molar-refractivity contribution in [2.45, 2.75) is 68.9 Å². The second-order valence-corrected chi connectivity index (χ2v) is 8.25. The van der Waals surface area contributed by atoms with Crippen LogP contribution in [0.15, 0.2) is 12.3 Å². The van der Waals surface area contributed by atoms with E-state index < -0.39 is 0 Å². The zero-order valence-electron chi connectivity index (χ0n) is 14.6. The van der Waals surface area contributed by atoms with Gasteiger partial charge in [-0.25, -0.2) is 4.98 Å². The van der Waals surface area contributed by atoms with Crippen molar-refractivity contribution in [3.63, 3.8) is 0 Å². The number of rotatable bonds is 3. The van der Waals surface area contributed by atoms with E-state index in [0.29, 0.717) is 12.1 Å². The average molecular weight is 341 g/mol. The standard InChI is InChI=1S/C19H27N5O/c20-13-3-4-14(10-13)22-18-15-9-12(11-25)19(6-1-2-7-19)17(15)23-16-5-8-21-24(16)18/h5,8,12-14,22,25H,1-4,6-7,9-11,20H2/t12?,13-,14-/m0/s1. The molecular formula is C19H27N5O. The molecule has 4 N–H and O–H groups in total. The number of hydrogen-bond acceptors (Lipinski definition) is 5. The molecule has 2 aromatic rings. The normalized spacial score (nSPS) is 30.4. The second-order valence-electron chi connectivity index (χ2n) is 8.25. The molecule has 0 radical (unpaired) electrons. The quantitative estimate of drug-likeness (QED) is 0.795. The highest BCUT2D eigenvalue weighted by molar-refractivity contribution is 5.60. The van der Waals surface area contributed by atoms with E-state index in [-0.39, 0.29) is 17.9 Å². The van der Waals surface area contributed by atoms with Crippen molar-refractivity contribution in [2.75, 3.05) is 11.9 Å². The Morgan fingerprint density at radius 3 is 2.88 bits per heavy atom. The highest BCUT2D eigenvalue weighted by atomic mass is 16.3. The third-order valence-electron chi connectivity index (χ3n) is 6.87. The van der Waals surface area contributed by atoms with E-state index in [9.17, 15) is 5.11 Å². The molecule has 2 fully saturated rings. The zero-order chi connectivity index (χ0) is 17.0. The van der Waals surface area contributed by atoms with Crippen LogP contribution in [-0.2, 0) is 11.8 Å². The molecule has 134 valence electrons. The summed E-state index contributed by atoms with van der Waals surface area (Å²) in [4.78, 5) is 5.02. The summed E-state index contributed by atoms with van der Waals surface area (Å²) < 4.78 is 1.95. The molecule has 3 atom stereocenters. The first-order valence-corrected chi connectivity index (χ1v) is 9.71. The number of fused-ring (bicyclic) bond motifs is 3. The second kappa shape index (κ2) is 5.68. The minimum Gasteiger partial charge on any atom is -0.396 e. The molecule has 25 heavy (non-hydrogen) atoms. The maximum Gasteiger partial charge on any atom is 0.157 e. The highest BCUT2D eigenvalue weighted by Gasteiger charge is 2.50. The van der Waals surface area contributed by atoms with E-state index in [1.807, 2.05) is 16.8 Å². The Balaban J connectivity index is 1.64. The van der Waals surface area contributed by atoms with Crippen LogP contribution in [-0.4, -0.2) is 38.4 Å². The molecule has 3 aliphatic rings. The van der Waals surface area contributed by atoms with Gasteiger partial charge in [-0.1, -0.05) is 12.8 Å². The summed E-state index contributed by atoms with van der Waals surface area (Å²) in [6.07, 6.45) is 10.7. The molecule has 6 nitrogen and oxygen atoms in total. The van der Waals surface area contributed by atoms with Gasteiger partial charge in [0.25, 0.3) is 0 Å². The number of nitrogens with zero attached hydrogens (tertiary/aromatic N) is 3. The lowest BCUT2D eigenvalue weighted by Gasteiger charge is -2.30. The number of anilines is 1. The Hall–Kier alpha value is -1.66. The molecule has 0 aromatic carbocycles. The van der Waals surface area contributed by atoms with E-state index >= 15 is 0 Å². The first kappa shape index (κ1) is 15.6. The minimum atomic E-state index is 0.0681. The van der Waals surface area contributed by atoms with Crippen molar-refractivity contribution in [3.8, 4) is 0 Å². The molecule has 1 unspecified atom stereocenters. The molecule has 3 aliphatic carbocycles. The third kappa shape index (κ3) is 2.23. The number of hydrogen-bond donors (Lipinski definition) is 3. The van der Waals surface area contributed by atoms with Crippen LogP contribution in [0.3, 0.4) is 0 Å². The highest BCUT2D eigenvalue weighted by Crippen LogP contribution is 2.54. The molecule has 2 saturated carbocycles. The molecule has 0 amide bonds. The SMILES string of the molecule is N[C@H]1CC[C@H](Nc2c3c(nc4ccnn24)C2(CCCC2)C(CO)C3)C1. The minimum absolute atomic E-state index is 0.0681. The molecular weight excluding hydrogens is 314 g/mol. The lowest BCUT2D eigenvalue weighted by molar-refractivity contribution is 0.162. The first-order valence-electron chi connectivity index (χ1n) is 9.71. The molecule has 0 saturated heterocycles. The molecule has 2 aromatic heterocycles. The van der Waals surface area contributed by atoms with Crippen LogP contribution in [0.25, 0.3) is 5.65 Å². The molecule has 1 spiro atoms. The maximum atomic E-state index is 10.1. The van der Waals surface area contributed by atoms with Gasteiger partial charge in [-0.3, -0.25) is 0 Å². The Kier molecular flexibility index (Phi) is 3.54. The van der Waals surface area contributed by atoms with Gasteiger partial charge in [-0.05, 0) is 44.4 Å². The molecule has 6 heteroatoms. The zero-order valence-corrected chi connectivity index (χ0v) is 14.6. The van der Waals surface area contributed by atoms with Crippen LogP contribution in [0.2, 0.25) is 0 Å². The van der Waals surface area contributed by atoms with Crippen LogP contribution in [0, 0.1) is 5.92 Å². The van der Waals surface area contributed by atoms with Gasteiger partial charge >= 0.3 is 0 Å². The molecule has 5 rings (SSSR count). The number of aliphatic hydroxyl groups is 1. The molecule has 2 heterocycles. The van der Waals surface area contributed by atoms with Crippen molar-refractivity contribution in [1.82, 2.24) is 14.6 Å². The Morgan fingerprint density at radius 1 is 1.32 bits per heavy atom. The van der Waals surface area contributed by atoms with Gasteiger partial charge < -0.3 is 16.2 Å². The van der Waals surface area contributed by atoms with E-state index in [4.69, 9.17) is 10.7 Å². The number of aromatic nitrogens is 3. The van der Waals surface area contributed by atoms with E-state index in [1.165, 1.54) is 24.1 Å². The summed E-state index contributed by atoms with van der Waals surface area (Å²) in [7, 11) is 0. The number of nitrogens with one attached hydrogen (secondary N) is 1. The average Bonchev–Trinajstić information content (AvgIpc) is 3.37. The van der Waals surface area contributed by atoms with Gasteiger partial charge in [0.2, 0.25) is 0 Å². The largest absolute Gasteiger partial charge is 0.396 e. The lowest BCUT2D eigenvalue weighted by Crippen LogP contribution is -2.31. The smallest absolute Gasteiger partial charge is 0.157 e. The fraction of sp³-hybridized carbons (Fsp3) is 0.684. The fourth-order valence-electron chi connectivity index (χ4n) is 5.60. The topological polar surface area (TPSA) is 88.5 Å². The lowest BCUT2D eigenvalue weighted by atomic mass is 9.76. The predicted molar refractivity (Wildman–Crippen MR) is 96.6 cm³/mol. The van der Waals surface area contributed by atoms with E-state index in [2.05, 4.69) is 10.4 Å². The van der Waals surface area contributed by atoms with Crippen LogP contribution in [0.5, 0.6) is 0 Å². The third-order valence-corrected chi connectivity index (χ3v) is 6.87. The summed E-state index contributed by atoms with van der Waals surface area (Å²) in [6, 6.07) is 2.69.